The highest BCUT2D eigenvalue weighted by molar-refractivity contribution is 7.92. The molecule has 0 aromatic heterocycles. The van der Waals surface area contributed by atoms with E-state index in [9.17, 15) is 8.42 Å². The van der Waals surface area contributed by atoms with Gasteiger partial charge in [-0.3, -0.25) is 9.71 Å². The van der Waals surface area contributed by atoms with Crippen LogP contribution in [0.4, 0.5) is 5.69 Å². The minimum Gasteiger partial charge on any atom is -0.382 e. The second-order valence-electron chi connectivity index (χ2n) is 4.93. The van der Waals surface area contributed by atoms with E-state index in [1.54, 1.807) is 19.2 Å². The zero-order valence-electron chi connectivity index (χ0n) is 13.9. The molecule has 0 fully saturated rings. The molecule has 0 saturated heterocycles. The predicted molar refractivity (Wildman–Crippen MR) is 94.2 cm³/mol. The highest BCUT2D eigenvalue weighted by Gasteiger charge is 2.07. The molecule has 0 atom stereocenters. The van der Waals surface area contributed by atoms with Gasteiger partial charge in [0.2, 0.25) is 10.0 Å². The first-order valence-electron chi connectivity index (χ1n) is 7.54. The van der Waals surface area contributed by atoms with Gasteiger partial charge in [0.1, 0.15) is 0 Å². The van der Waals surface area contributed by atoms with Crippen LogP contribution in [0.3, 0.4) is 0 Å². The Kier molecular flexibility index (Phi) is 8.42. The van der Waals surface area contributed by atoms with Crippen LogP contribution in [0.2, 0.25) is 0 Å². The van der Waals surface area contributed by atoms with E-state index in [1.807, 2.05) is 19.1 Å². The van der Waals surface area contributed by atoms with Crippen molar-refractivity contribution in [3.63, 3.8) is 0 Å². The number of ether oxygens (including phenoxy) is 1. The topological polar surface area (TPSA) is 91.8 Å². The fourth-order valence-corrected chi connectivity index (χ4v) is 2.50. The minimum atomic E-state index is -3.30. The lowest BCUT2D eigenvalue weighted by molar-refractivity contribution is 0.145. The summed E-state index contributed by atoms with van der Waals surface area (Å²) in [5.74, 6) is 0.663. The van der Waals surface area contributed by atoms with Crippen molar-refractivity contribution in [3.05, 3.63) is 29.8 Å². The van der Waals surface area contributed by atoms with Crippen LogP contribution < -0.4 is 15.4 Å². The molecule has 23 heavy (non-hydrogen) atoms. The number of guanidine groups is 1. The summed E-state index contributed by atoms with van der Waals surface area (Å²) in [6.45, 7) is 4.61. The number of hydrogen-bond donors (Lipinski definition) is 3. The lowest BCUT2D eigenvalue weighted by Crippen LogP contribution is -2.37. The molecule has 8 heteroatoms. The van der Waals surface area contributed by atoms with E-state index in [2.05, 4.69) is 20.3 Å². The molecule has 130 valence electrons. The maximum absolute atomic E-state index is 11.4. The first kappa shape index (κ1) is 19.2. The maximum atomic E-state index is 11.4. The van der Waals surface area contributed by atoms with Crippen LogP contribution >= 0.6 is 0 Å². The average molecular weight is 342 g/mol. The monoisotopic (exact) mass is 342 g/mol. The molecule has 7 nitrogen and oxygen atoms in total. The third-order valence-electron chi connectivity index (χ3n) is 2.94. The molecule has 0 bridgehead atoms. The molecule has 3 N–H and O–H groups in total. The smallest absolute Gasteiger partial charge is 0.229 e. The van der Waals surface area contributed by atoms with Gasteiger partial charge in [0.25, 0.3) is 0 Å². The molecular weight excluding hydrogens is 316 g/mol. The van der Waals surface area contributed by atoms with Crippen LogP contribution in [-0.2, 0) is 21.3 Å². The second kappa shape index (κ2) is 10.1. The summed E-state index contributed by atoms with van der Waals surface area (Å²) in [6.07, 6.45) is 2.02. The van der Waals surface area contributed by atoms with Crippen LogP contribution in [0.15, 0.2) is 29.3 Å². The van der Waals surface area contributed by atoms with Crippen molar-refractivity contribution >= 4 is 21.7 Å². The van der Waals surface area contributed by atoms with Crippen LogP contribution in [0.5, 0.6) is 0 Å². The molecule has 0 aliphatic heterocycles. The van der Waals surface area contributed by atoms with Gasteiger partial charge in [-0.1, -0.05) is 18.2 Å². The van der Waals surface area contributed by atoms with E-state index in [4.69, 9.17) is 4.74 Å². The zero-order valence-corrected chi connectivity index (χ0v) is 14.7. The molecule has 0 spiro atoms. The van der Waals surface area contributed by atoms with Crippen molar-refractivity contribution in [2.24, 2.45) is 4.99 Å². The fourth-order valence-electron chi connectivity index (χ4n) is 1.90. The van der Waals surface area contributed by atoms with E-state index in [0.29, 0.717) is 24.8 Å². The third-order valence-corrected chi connectivity index (χ3v) is 3.54. The highest BCUT2D eigenvalue weighted by atomic mass is 32.2. The van der Waals surface area contributed by atoms with Crippen molar-refractivity contribution in [2.45, 2.75) is 19.9 Å². The van der Waals surface area contributed by atoms with Crippen molar-refractivity contribution in [1.29, 1.82) is 0 Å². The number of hydrogen-bond acceptors (Lipinski definition) is 4. The molecule has 0 unspecified atom stereocenters. The van der Waals surface area contributed by atoms with Gasteiger partial charge in [-0.05, 0) is 25.0 Å². The Morgan fingerprint density at radius 3 is 2.65 bits per heavy atom. The number of nitrogens with zero attached hydrogens (tertiary/aromatic N) is 1. The van der Waals surface area contributed by atoms with Crippen molar-refractivity contribution in [2.75, 3.05) is 37.8 Å². The van der Waals surface area contributed by atoms with E-state index < -0.39 is 10.0 Å². The first-order valence-corrected chi connectivity index (χ1v) is 9.43. The largest absolute Gasteiger partial charge is 0.382 e. The summed E-state index contributed by atoms with van der Waals surface area (Å²) in [4.78, 5) is 4.14. The molecule has 0 saturated carbocycles. The molecule has 0 aliphatic carbocycles. The van der Waals surface area contributed by atoms with Crippen molar-refractivity contribution in [3.8, 4) is 0 Å². The van der Waals surface area contributed by atoms with Gasteiger partial charge in [0, 0.05) is 33.4 Å². The normalized spacial score (nSPS) is 12.0. The van der Waals surface area contributed by atoms with Gasteiger partial charge >= 0.3 is 0 Å². The van der Waals surface area contributed by atoms with Gasteiger partial charge in [-0.25, -0.2) is 8.42 Å². The van der Waals surface area contributed by atoms with Gasteiger partial charge in [-0.15, -0.1) is 0 Å². The van der Waals surface area contributed by atoms with E-state index in [0.717, 1.165) is 31.4 Å². The molecule has 0 amide bonds. The summed E-state index contributed by atoms with van der Waals surface area (Å²) in [6, 6.07) is 7.25. The van der Waals surface area contributed by atoms with E-state index in [1.165, 1.54) is 0 Å². The first-order chi connectivity index (χ1) is 11.0. The lowest BCUT2D eigenvalue weighted by Gasteiger charge is -2.14. The number of aliphatic imine (C=N–C) groups is 1. The Hall–Kier alpha value is -1.80. The third kappa shape index (κ3) is 8.41. The average Bonchev–Trinajstić information content (AvgIpc) is 2.50. The summed E-state index contributed by atoms with van der Waals surface area (Å²) < 4.78 is 30.6. The minimum absolute atomic E-state index is 0.462. The number of rotatable bonds is 9. The quantitative estimate of drug-likeness (QED) is 0.356. The number of anilines is 1. The van der Waals surface area contributed by atoms with Crippen molar-refractivity contribution in [1.82, 2.24) is 10.6 Å². The molecule has 1 aromatic rings. The highest BCUT2D eigenvalue weighted by Crippen LogP contribution is 2.15. The summed E-state index contributed by atoms with van der Waals surface area (Å²) in [7, 11) is -1.61. The number of para-hydroxylation sites is 1. The standard InChI is InChI=1S/C15H26N4O3S/c1-4-22-11-7-10-17-15(16-2)18-12-13-8-5-6-9-14(13)19-23(3,20)21/h5-6,8-9,19H,4,7,10-12H2,1-3H3,(H2,16,17,18). The summed E-state index contributed by atoms with van der Waals surface area (Å²) >= 11 is 0. The lowest BCUT2D eigenvalue weighted by atomic mass is 10.2. The van der Waals surface area contributed by atoms with Crippen LogP contribution in [0.25, 0.3) is 0 Å². The van der Waals surface area contributed by atoms with Crippen molar-refractivity contribution < 1.29 is 13.2 Å². The molecule has 1 aromatic carbocycles. The van der Waals surface area contributed by atoms with Gasteiger partial charge in [-0.2, -0.15) is 0 Å². The van der Waals surface area contributed by atoms with E-state index in [-0.39, 0.29) is 0 Å². The number of sulfonamides is 1. The predicted octanol–water partition coefficient (Wildman–Crippen LogP) is 1.15. The number of benzene rings is 1. The maximum Gasteiger partial charge on any atom is 0.229 e. The molecular formula is C15H26N4O3S. The van der Waals surface area contributed by atoms with E-state index >= 15 is 0 Å². The molecule has 0 aliphatic rings. The summed E-state index contributed by atoms with van der Waals surface area (Å²) in [5.41, 5.74) is 1.41. The van der Waals surface area contributed by atoms with Gasteiger partial charge in [0.05, 0.1) is 11.9 Å². The molecule has 0 radical (unpaired) electrons. The van der Waals surface area contributed by atoms with Gasteiger partial charge < -0.3 is 15.4 Å². The Balaban J connectivity index is 2.53. The number of nitrogens with one attached hydrogen (secondary N) is 3. The van der Waals surface area contributed by atoms with Gasteiger partial charge in [0.15, 0.2) is 5.96 Å². The van der Waals surface area contributed by atoms with Crippen LogP contribution in [0.1, 0.15) is 18.9 Å². The van der Waals surface area contributed by atoms with Crippen LogP contribution in [0, 0.1) is 0 Å². The Bertz CT molecular complexity index is 602. The SMILES string of the molecule is CCOCCCNC(=NC)NCc1ccccc1NS(C)(=O)=O. The second-order valence-corrected chi connectivity index (χ2v) is 6.68. The zero-order chi connectivity index (χ0) is 17.1. The fraction of sp³-hybridized carbons (Fsp3) is 0.533. The summed E-state index contributed by atoms with van der Waals surface area (Å²) in [5, 5.41) is 6.35. The Morgan fingerprint density at radius 1 is 1.26 bits per heavy atom. The molecule has 0 heterocycles. The van der Waals surface area contributed by atoms with Crippen LogP contribution in [-0.4, -0.2) is 47.4 Å². The Morgan fingerprint density at radius 2 is 2.00 bits per heavy atom. The molecule has 1 rings (SSSR count). The Labute approximate surface area is 138 Å².